The molecule has 0 spiro atoms. The van der Waals surface area contributed by atoms with E-state index < -0.39 is 0 Å². The molecule has 2 aliphatic rings. The Kier molecular flexibility index (Phi) is 5.88. The van der Waals surface area contributed by atoms with E-state index in [1.54, 1.807) is 0 Å². The minimum atomic E-state index is -0.203. The van der Waals surface area contributed by atoms with Crippen LogP contribution in [0.5, 0.6) is 5.75 Å². The van der Waals surface area contributed by atoms with Gasteiger partial charge in [0.1, 0.15) is 12.4 Å². The molecule has 0 fully saturated rings. The lowest BCUT2D eigenvalue weighted by Gasteiger charge is -2.40. The average molecular weight is 427 g/mol. The summed E-state index contributed by atoms with van der Waals surface area (Å²) in [5.74, 6) is 0.968. The Morgan fingerprint density at radius 3 is 2.66 bits per heavy atom. The minimum Gasteiger partial charge on any atom is -0.489 e. The van der Waals surface area contributed by atoms with Crippen molar-refractivity contribution < 1.29 is 9.53 Å². The Balaban J connectivity index is 1.56. The molecule has 0 saturated heterocycles. The lowest BCUT2D eigenvalue weighted by molar-refractivity contribution is -0.116. The molecule has 0 bridgehead atoms. The van der Waals surface area contributed by atoms with Gasteiger partial charge < -0.3 is 15.0 Å². The summed E-state index contributed by atoms with van der Waals surface area (Å²) in [5, 5.41) is 4.75. The second-order valence-corrected chi connectivity index (χ2v) is 8.01. The first-order chi connectivity index (χ1) is 14.1. The molecule has 1 atom stereocenters. The highest BCUT2D eigenvalue weighted by Gasteiger charge is 2.36. The van der Waals surface area contributed by atoms with E-state index in [1.165, 1.54) is 0 Å². The van der Waals surface area contributed by atoms with Gasteiger partial charge in [-0.1, -0.05) is 41.9 Å². The highest BCUT2D eigenvalue weighted by molar-refractivity contribution is 7.80. The maximum Gasteiger partial charge on any atom is 0.173 e. The van der Waals surface area contributed by atoms with Crippen molar-refractivity contribution in [2.45, 2.75) is 38.8 Å². The zero-order valence-electron chi connectivity index (χ0n) is 16.3. The number of halogens is 1. The number of nitrogens with zero attached hydrogens (tertiary/aromatic N) is 1. The number of rotatable bonds is 5. The fraction of sp³-hybridized carbons (Fsp3) is 0.304. The van der Waals surface area contributed by atoms with Gasteiger partial charge in [-0.05, 0) is 55.7 Å². The van der Waals surface area contributed by atoms with E-state index in [0.29, 0.717) is 23.2 Å². The second-order valence-electron chi connectivity index (χ2n) is 7.21. The molecule has 0 saturated carbocycles. The number of nitrogens with one attached hydrogen (secondary N) is 1. The minimum absolute atomic E-state index is 0.203. The van der Waals surface area contributed by atoms with Crippen molar-refractivity contribution in [3.63, 3.8) is 0 Å². The molecule has 1 heterocycles. The quantitative estimate of drug-likeness (QED) is 0.667. The third-order valence-electron chi connectivity index (χ3n) is 5.44. The van der Waals surface area contributed by atoms with Crippen LogP contribution >= 0.6 is 23.8 Å². The van der Waals surface area contributed by atoms with Crippen LogP contribution in [-0.4, -0.2) is 22.3 Å². The zero-order valence-corrected chi connectivity index (χ0v) is 17.9. The van der Waals surface area contributed by atoms with Gasteiger partial charge in [-0.15, -0.1) is 0 Å². The van der Waals surface area contributed by atoms with Gasteiger partial charge in [0.25, 0.3) is 0 Å². The molecule has 29 heavy (non-hydrogen) atoms. The van der Waals surface area contributed by atoms with Crippen LogP contribution < -0.4 is 10.1 Å². The van der Waals surface area contributed by atoms with Crippen molar-refractivity contribution in [2.75, 3.05) is 6.54 Å². The van der Waals surface area contributed by atoms with E-state index in [2.05, 4.69) is 17.1 Å². The third kappa shape index (κ3) is 4.02. The molecule has 4 nitrogen and oxygen atoms in total. The average Bonchev–Trinajstić information content (AvgIpc) is 2.73. The number of ketones is 1. The van der Waals surface area contributed by atoms with Gasteiger partial charge >= 0.3 is 0 Å². The number of ether oxygens (including phenoxy) is 1. The van der Waals surface area contributed by atoms with Gasteiger partial charge in [0, 0.05) is 34.8 Å². The molecule has 1 unspecified atom stereocenters. The number of benzene rings is 2. The maximum atomic E-state index is 12.7. The first-order valence-corrected chi connectivity index (χ1v) is 10.7. The number of thiocarbonyl (C=S) groups is 1. The van der Waals surface area contributed by atoms with Gasteiger partial charge in [0.15, 0.2) is 10.9 Å². The van der Waals surface area contributed by atoms with E-state index in [-0.39, 0.29) is 11.8 Å². The smallest absolute Gasteiger partial charge is 0.173 e. The molecule has 0 aromatic heterocycles. The summed E-state index contributed by atoms with van der Waals surface area (Å²) in [7, 11) is 0. The van der Waals surface area contributed by atoms with Crippen LogP contribution in [0.1, 0.15) is 43.4 Å². The maximum absolute atomic E-state index is 12.7. The van der Waals surface area contributed by atoms with E-state index in [9.17, 15) is 4.79 Å². The van der Waals surface area contributed by atoms with Gasteiger partial charge in [-0.3, -0.25) is 4.79 Å². The predicted molar refractivity (Wildman–Crippen MR) is 119 cm³/mol. The molecule has 2 aromatic rings. The number of Topliss-reactive ketones (excluding diaryl/α,β-unsaturated/α-hetero) is 1. The van der Waals surface area contributed by atoms with Crippen molar-refractivity contribution in [2.24, 2.45) is 0 Å². The van der Waals surface area contributed by atoms with Gasteiger partial charge in [0.05, 0.1) is 6.04 Å². The number of hydrogen-bond donors (Lipinski definition) is 1. The first kappa shape index (κ1) is 19.9. The Morgan fingerprint density at radius 2 is 1.93 bits per heavy atom. The summed E-state index contributed by atoms with van der Waals surface area (Å²) in [6, 6.07) is 15.3. The molecule has 1 aliphatic heterocycles. The molecule has 0 amide bonds. The van der Waals surface area contributed by atoms with Crippen LogP contribution in [0, 0.1) is 0 Å². The number of hydrogen-bond acceptors (Lipinski definition) is 3. The number of carbonyl (C=O) groups is 1. The molecular weight excluding hydrogens is 404 g/mol. The van der Waals surface area contributed by atoms with Crippen LogP contribution in [0.3, 0.4) is 0 Å². The standard InChI is InChI=1S/C23H23ClN2O2S/c1-2-26-19-8-5-9-20(27)21(19)22(25-23(26)29)15-10-12-17(13-11-15)28-14-16-6-3-4-7-18(16)24/h3-4,6-7,10-13,22H,2,5,8-9,14H2,1H3,(H,25,29). The molecule has 4 rings (SSSR count). The predicted octanol–water partition coefficient (Wildman–Crippen LogP) is 5.18. The lowest BCUT2D eigenvalue weighted by Crippen LogP contribution is -2.49. The van der Waals surface area contributed by atoms with Crippen molar-refractivity contribution in [3.05, 3.63) is 76.0 Å². The van der Waals surface area contributed by atoms with Gasteiger partial charge in [-0.25, -0.2) is 0 Å². The van der Waals surface area contributed by atoms with E-state index in [0.717, 1.165) is 47.5 Å². The molecular formula is C23H23ClN2O2S. The fourth-order valence-corrected chi connectivity index (χ4v) is 4.52. The number of allylic oxidation sites excluding steroid dienone is 1. The van der Waals surface area contributed by atoms with E-state index in [1.807, 2.05) is 48.5 Å². The summed E-state index contributed by atoms with van der Waals surface area (Å²) < 4.78 is 5.88. The Bertz CT molecular complexity index is 971. The van der Waals surface area contributed by atoms with Crippen LogP contribution in [0.25, 0.3) is 0 Å². The lowest BCUT2D eigenvalue weighted by atomic mass is 9.85. The molecule has 2 aromatic carbocycles. The van der Waals surface area contributed by atoms with Crippen LogP contribution in [0.4, 0.5) is 0 Å². The van der Waals surface area contributed by atoms with Crippen LogP contribution in [0.15, 0.2) is 59.8 Å². The normalized spacial score (nSPS) is 19.1. The molecule has 150 valence electrons. The molecule has 6 heteroatoms. The summed E-state index contributed by atoms with van der Waals surface area (Å²) in [6.45, 7) is 3.23. The molecule has 0 radical (unpaired) electrons. The van der Waals surface area contributed by atoms with Crippen molar-refractivity contribution in [1.29, 1.82) is 0 Å². The molecule has 1 N–H and O–H groups in total. The third-order valence-corrected chi connectivity index (χ3v) is 6.14. The largest absolute Gasteiger partial charge is 0.489 e. The summed E-state index contributed by atoms with van der Waals surface area (Å²) >= 11 is 11.8. The van der Waals surface area contributed by atoms with Gasteiger partial charge in [0.2, 0.25) is 0 Å². The topological polar surface area (TPSA) is 41.6 Å². The van der Waals surface area contributed by atoms with Crippen LogP contribution in [-0.2, 0) is 11.4 Å². The first-order valence-electron chi connectivity index (χ1n) is 9.89. The SMILES string of the molecule is CCN1C(=S)NC(c2ccc(OCc3ccccc3Cl)cc2)C2=C1CCCC2=O. The zero-order chi connectivity index (χ0) is 20.4. The van der Waals surface area contributed by atoms with Crippen LogP contribution in [0.2, 0.25) is 5.02 Å². The van der Waals surface area contributed by atoms with E-state index >= 15 is 0 Å². The Hall–Kier alpha value is -2.37. The van der Waals surface area contributed by atoms with Crippen molar-refractivity contribution in [1.82, 2.24) is 10.2 Å². The summed E-state index contributed by atoms with van der Waals surface area (Å²) in [6.07, 6.45) is 2.38. The highest BCUT2D eigenvalue weighted by atomic mass is 35.5. The van der Waals surface area contributed by atoms with Crippen molar-refractivity contribution in [3.8, 4) is 5.75 Å². The Morgan fingerprint density at radius 1 is 1.17 bits per heavy atom. The van der Waals surface area contributed by atoms with E-state index in [4.69, 9.17) is 28.6 Å². The summed E-state index contributed by atoms with van der Waals surface area (Å²) in [4.78, 5) is 14.8. The summed E-state index contributed by atoms with van der Waals surface area (Å²) in [5.41, 5.74) is 3.89. The van der Waals surface area contributed by atoms with Crippen molar-refractivity contribution >= 4 is 34.7 Å². The highest BCUT2D eigenvalue weighted by Crippen LogP contribution is 2.37. The number of carbonyl (C=O) groups excluding carboxylic acids is 1. The monoisotopic (exact) mass is 426 g/mol. The van der Waals surface area contributed by atoms with Gasteiger partial charge in [-0.2, -0.15) is 0 Å². The Labute approximate surface area is 181 Å². The fourth-order valence-electron chi connectivity index (χ4n) is 3.97. The second kappa shape index (κ2) is 8.56. The molecule has 1 aliphatic carbocycles.